The Hall–Kier alpha value is 0.140. The smallest absolute Gasteiger partial charge is 0.0222 e. The van der Waals surface area contributed by atoms with Gasteiger partial charge in [0.25, 0.3) is 0 Å². The van der Waals surface area contributed by atoms with Gasteiger partial charge in [-0.3, -0.25) is 0 Å². The normalized spacial score (nSPS) is 15.8. The Morgan fingerprint density at radius 2 is 2.08 bits per heavy atom. The monoisotopic (exact) mass is 289 g/mol. The maximum atomic E-state index is 3.58. The number of hydrogen-bond donors (Lipinski definition) is 1. The van der Waals surface area contributed by atoms with Gasteiger partial charge in [-0.2, -0.15) is 0 Å². The zero-order valence-corrected chi connectivity index (χ0v) is 9.70. The minimum absolute atomic E-state index is 0.993. The van der Waals surface area contributed by atoms with Crippen molar-refractivity contribution in [3.8, 4) is 0 Å². The van der Waals surface area contributed by atoms with Crippen LogP contribution in [0.3, 0.4) is 0 Å². The second-order valence-electron chi connectivity index (χ2n) is 2.95. The molecule has 1 aromatic carbocycles. The van der Waals surface area contributed by atoms with Gasteiger partial charge in [-0.25, -0.2) is 0 Å². The van der Waals surface area contributed by atoms with Crippen LogP contribution in [0, 0.1) is 0 Å². The van der Waals surface area contributed by atoms with Gasteiger partial charge < -0.3 is 5.32 Å². The summed E-state index contributed by atoms with van der Waals surface area (Å²) in [6.45, 7) is 2.08. The molecule has 1 N–H and O–H groups in total. The van der Waals surface area contributed by atoms with E-state index in [9.17, 15) is 0 Å². The first-order chi connectivity index (χ1) is 5.77. The van der Waals surface area contributed by atoms with E-state index in [4.69, 9.17) is 0 Å². The third kappa shape index (κ3) is 1.58. The summed E-state index contributed by atoms with van der Waals surface area (Å²) in [5.41, 5.74) is 2.86. The Morgan fingerprint density at radius 3 is 2.92 bits per heavy atom. The Balaban J connectivity index is 2.53. The van der Waals surface area contributed by atoms with Crippen LogP contribution in [0.2, 0.25) is 0 Å². The van der Waals surface area contributed by atoms with E-state index in [0.29, 0.717) is 0 Å². The minimum Gasteiger partial charge on any atom is -0.312 e. The number of nitrogens with one attached hydrogen (secondary N) is 1. The van der Waals surface area contributed by atoms with Crippen LogP contribution in [0.25, 0.3) is 0 Å². The van der Waals surface area contributed by atoms with Crippen LogP contribution in [0.1, 0.15) is 11.1 Å². The van der Waals surface area contributed by atoms with Crippen molar-refractivity contribution in [2.75, 3.05) is 6.54 Å². The predicted octanol–water partition coefficient (Wildman–Crippen LogP) is 2.86. The topological polar surface area (TPSA) is 12.0 Å². The largest absolute Gasteiger partial charge is 0.312 e. The lowest BCUT2D eigenvalue weighted by molar-refractivity contribution is 0.641. The summed E-state index contributed by atoms with van der Waals surface area (Å²) in [6.07, 6.45) is 1.13. The van der Waals surface area contributed by atoms with Crippen molar-refractivity contribution in [3.63, 3.8) is 0 Å². The van der Waals surface area contributed by atoms with Gasteiger partial charge in [0, 0.05) is 15.5 Å². The molecule has 1 nitrogen and oxygen atoms in total. The van der Waals surface area contributed by atoms with Gasteiger partial charge >= 0.3 is 0 Å². The summed E-state index contributed by atoms with van der Waals surface area (Å²) in [5.74, 6) is 0. The van der Waals surface area contributed by atoms with Crippen LogP contribution in [-0.4, -0.2) is 6.54 Å². The number of hydrogen-bond acceptors (Lipinski definition) is 1. The third-order valence-electron chi connectivity index (χ3n) is 2.12. The van der Waals surface area contributed by atoms with Crippen LogP contribution in [0.5, 0.6) is 0 Å². The van der Waals surface area contributed by atoms with Gasteiger partial charge in [0.05, 0.1) is 0 Å². The summed E-state index contributed by atoms with van der Waals surface area (Å²) in [4.78, 5) is 0. The average molecular weight is 291 g/mol. The summed E-state index contributed by atoms with van der Waals surface area (Å²) in [7, 11) is 0. The van der Waals surface area contributed by atoms with E-state index in [1.54, 1.807) is 0 Å². The van der Waals surface area contributed by atoms with Crippen molar-refractivity contribution >= 4 is 31.9 Å². The maximum absolute atomic E-state index is 3.58. The van der Waals surface area contributed by atoms with E-state index in [0.717, 1.165) is 24.0 Å². The lowest BCUT2D eigenvalue weighted by Gasteiger charge is -2.18. The molecule has 0 radical (unpaired) electrons. The van der Waals surface area contributed by atoms with Crippen LogP contribution >= 0.6 is 31.9 Å². The molecule has 0 spiro atoms. The molecule has 64 valence electrons. The third-order valence-corrected chi connectivity index (χ3v) is 3.29. The van der Waals surface area contributed by atoms with Crippen LogP contribution < -0.4 is 5.32 Å². The molecule has 0 atom stereocenters. The fourth-order valence-electron chi connectivity index (χ4n) is 1.53. The Morgan fingerprint density at radius 1 is 1.25 bits per heavy atom. The lowest BCUT2D eigenvalue weighted by Crippen LogP contribution is -2.23. The van der Waals surface area contributed by atoms with E-state index in [-0.39, 0.29) is 0 Å². The van der Waals surface area contributed by atoms with Crippen molar-refractivity contribution in [1.29, 1.82) is 0 Å². The number of fused-ring (bicyclic) bond motifs is 1. The fourth-order valence-corrected chi connectivity index (χ4v) is 3.04. The molecule has 0 unspecified atom stereocenters. The Kier molecular flexibility index (Phi) is 2.53. The number of halogens is 2. The molecule has 0 aliphatic carbocycles. The van der Waals surface area contributed by atoms with Crippen molar-refractivity contribution in [2.24, 2.45) is 0 Å². The quantitative estimate of drug-likeness (QED) is 0.775. The first kappa shape index (κ1) is 8.73. The molecule has 0 bridgehead atoms. The lowest BCUT2D eigenvalue weighted by atomic mass is 10.0. The molecule has 0 saturated carbocycles. The standard InChI is InChI=1S/C9H9Br2N/c10-7-3-6-5-12-2-1-8(6)9(11)4-7/h3-4,12H,1-2,5H2. The van der Waals surface area contributed by atoms with E-state index < -0.39 is 0 Å². The molecular formula is C9H9Br2N. The molecule has 0 aromatic heterocycles. The fraction of sp³-hybridized carbons (Fsp3) is 0.333. The molecule has 1 heterocycles. The molecule has 0 amide bonds. The van der Waals surface area contributed by atoms with Gasteiger partial charge in [0.1, 0.15) is 0 Å². The summed E-state index contributed by atoms with van der Waals surface area (Å²) < 4.78 is 2.38. The van der Waals surface area contributed by atoms with Crippen LogP contribution in [0.4, 0.5) is 0 Å². The predicted molar refractivity (Wildman–Crippen MR) is 57.3 cm³/mol. The second kappa shape index (κ2) is 3.48. The Bertz CT molecular complexity index is 310. The highest BCUT2D eigenvalue weighted by Gasteiger charge is 2.11. The average Bonchev–Trinajstić information content (AvgIpc) is 2.04. The van der Waals surface area contributed by atoms with Gasteiger partial charge in [0.2, 0.25) is 0 Å². The highest BCUT2D eigenvalue weighted by atomic mass is 79.9. The summed E-state index contributed by atoms with van der Waals surface area (Å²) >= 11 is 7.06. The maximum Gasteiger partial charge on any atom is 0.0222 e. The number of benzene rings is 1. The highest BCUT2D eigenvalue weighted by Crippen LogP contribution is 2.27. The van der Waals surface area contributed by atoms with E-state index in [1.165, 1.54) is 15.6 Å². The van der Waals surface area contributed by atoms with Crippen LogP contribution in [0.15, 0.2) is 21.1 Å². The first-order valence-electron chi connectivity index (χ1n) is 3.95. The van der Waals surface area contributed by atoms with Crippen molar-refractivity contribution in [1.82, 2.24) is 5.32 Å². The molecule has 1 aliphatic rings. The van der Waals surface area contributed by atoms with Crippen molar-refractivity contribution in [2.45, 2.75) is 13.0 Å². The minimum atomic E-state index is 0.993. The van der Waals surface area contributed by atoms with Gasteiger partial charge in [-0.1, -0.05) is 31.9 Å². The molecule has 3 heteroatoms. The van der Waals surface area contributed by atoms with Crippen molar-refractivity contribution < 1.29 is 0 Å². The SMILES string of the molecule is Brc1cc(Br)c2c(c1)CNCC2. The molecular weight excluding hydrogens is 282 g/mol. The molecule has 0 saturated heterocycles. The summed E-state index contributed by atoms with van der Waals surface area (Å²) in [5, 5.41) is 3.35. The number of rotatable bonds is 0. The van der Waals surface area contributed by atoms with Crippen molar-refractivity contribution in [3.05, 3.63) is 32.2 Å². The zero-order valence-electron chi connectivity index (χ0n) is 6.53. The zero-order chi connectivity index (χ0) is 8.55. The first-order valence-corrected chi connectivity index (χ1v) is 5.53. The highest BCUT2D eigenvalue weighted by molar-refractivity contribution is 9.11. The van der Waals surface area contributed by atoms with Gasteiger partial charge in [-0.15, -0.1) is 0 Å². The Labute approximate surface area is 88.8 Å². The molecule has 0 fully saturated rings. The molecule has 2 rings (SSSR count). The second-order valence-corrected chi connectivity index (χ2v) is 4.72. The van der Waals surface area contributed by atoms with Gasteiger partial charge in [0.15, 0.2) is 0 Å². The van der Waals surface area contributed by atoms with E-state index >= 15 is 0 Å². The molecule has 1 aromatic rings. The summed E-state index contributed by atoms with van der Waals surface area (Å²) in [6, 6.07) is 4.30. The van der Waals surface area contributed by atoms with Gasteiger partial charge in [-0.05, 0) is 36.2 Å². The van der Waals surface area contributed by atoms with E-state index in [1.807, 2.05) is 0 Å². The van der Waals surface area contributed by atoms with Crippen LogP contribution in [-0.2, 0) is 13.0 Å². The molecule has 12 heavy (non-hydrogen) atoms. The molecule has 1 aliphatic heterocycles. The van der Waals surface area contributed by atoms with E-state index in [2.05, 4.69) is 49.3 Å².